The van der Waals surface area contributed by atoms with Crippen molar-refractivity contribution < 1.29 is 4.42 Å². The van der Waals surface area contributed by atoms with E-state index in [1.807, 2.05) is 12.1 Å². The first-order chi connectivity index (χ1) is 4.93. The van der Waals surface area contributed by atoms with Crippen LogP contribution in [-0.2, 0) is 6.54 Å². The highest BCUT2D eigenvalue weighted by Gasteiger charge is 1.90. The summed E-state index contributed by atoms with van der Waals surface area (Å²) in [6, 6.07) is 3.76. The molecular weight excluding hydrogens is 206 g/mol. The van der Waals surface area contributed by atoms with Crippen molar-refractivity contribution in [2.24, 2.45) is 0 Å². The van der Waals surface area contributed by atoms with E-state index >= 15 is 0 Å². The van der Waals surface area contributed by atoms with Crippen molar-refractivity contribution in [1.82, 2.24) is 5.32 Å². The molecule has 1 heterocycles. The highest BCUT2D eigenvalue weighted by molar-refractivity contribution is 8.93. The van der Waals surface area contributed by atoms with E-state index in [1.54, 1.807) is 6.26 Å². The lowest BCUT2D eigenvalue weighted by molar-refractivity contribution is 0.491. The fourth-order valence-corrected chi connectivity index (χ4v) is 0.671. The lowest BCUT2D eigenvalue weighted by atomic mass is 10.4. The predicted molar refractivity (Wildman–Crippen MR) is 49.6 cm³/mol. The number of halogens is 1. The van der Waals surface area contributed by atoms with Crippen molar-refractivity contribution in [3.8, 4) is 12.3 Å². The van der Waals surface area contributed by atoms with E-state index < -0.39 is 0 Å². The number of rotatable bonds is 3. The van der Waals surface area contributed by atoms with Crippen LogP contribution in [0.2, 0.25) is 0 Å². The summed E-state index contributed by atoms with van der Waals surface area (Å²) >= 11 is 0. The van der Waals surface area contributed by atoms with Gasteiger partial charge in [0.25, 0.3) is 0 Å². The Hall–Kier alpha value is -0.720. The molecule has 60 valence electrons. The number of hydrogen-bond donors (Lipinski definition) is 1. The van der Waals surface area contributed by atoms with Crippen LogP contribution in [0.1, 0.15) is 5.76 Å². The average molecular weight is 216 g/mol. The topological polar surface area (TPSA) is 25.2 Å². The van der Waals surface area contributed by atoms with Gasteiger partial charge >= 0.3 is 0 Å². The monoisotopic (exact) mass is 215 g/mol. The third kappa shape index (κ3) is 3.87. The maximum Gasteiger partial charge on any atom is 0.117 e. The Morgan fingerprint density at radius 2 is 2.45 bits per heavy atom. The van der Waals surface area contributed by atoms with Gasteiger partial charge in [0.2, 0.25) is 0 Å². The molecule has 1 N–H and O–H groups in total. The first-order valence-corrected chi connectivity index (χ1v) is 3.10. The SMILES string of the molecule is Br.C#CCNCc1ccco1. The Morgan fingerprint density at radius 3 is 3.00 bits per heavy atom. The van der Waals surface area contributed by atoms with Gasteiger partial charge in [-0.05, 0) is 12.1 Å². The van der Waals surface area contributed by atoms with Crippen LogP contribution >= 0.6 is 17.0 Å². The third-order valence-corrected chi connectivity index (χ3v) is 1.11. The van der Waals surface area contributed by atoms with Crippen LogP contribution in [0.3, 0.4) is 0 Å². The second-order valence-electron chi connectivity index (χ2n) is 1.89. The molecule has 0 aromatic carbocycles. The second-order valence-corrected chi connectivity index (χ2v) is 1.89. The van der Waals surface area contributed by atoms with Crippen LogP contribution in [-0.4, -0.2) is 6.54 Å². The summed E-state index contributed by atoms with van der Waals surface area (Å²) in [7, 11) is 0. The van der Waals surface area contributed by atoms with E-state index in [2.05, 4.69) is 11.2 Å². The summed E-state index contributed by atoms with van der Waals surface area (Å²) in [5.41, 5.74) is 0. The summed E-state index contributed by atoms with van der Waals surface area (Å²) in [4.78, 5) is 0. The van der Waals surface area contributed by atoms with Gasteiger partial charge in [-0.25, -0.2) is 0 Å². The van der Waals surface area contributed by atoms with E-state index in [0.717, 1.165) is 5.76 Å². The Bertz CT molecular complexity index is 212. The van der Waals surface area contributed by atoms with Gasteiger partial charge in [0, 0.05) is 0 Å². The zero-order valence-corrected chi connectivity index (χ0v) is 7.75. The molecular formula is C8H10BrNO. The minimum atomic E-state index is 0. The number of nitrogens with one attached hydrogen (secondary N) is 1. The van der Waals surface area contributed by atoms with Crippen LogP contribution in [0, 0.1) is 12.3 Å². The van der Waals surface area contributed by atoms with Crippen molar-refractivity contribution in [1.29, 1.82) is 0 Å². The van der Waals surface area contributed by atoms with Gasteiger partial charge < -0.3 is 4.42 Å². The molecule has 0 aliphatic heterocycles. The molecule has 0 spiro atoms. The minimum Gasteiger partial charge on any atom is -0.468 e. The zero-order chi connectivity index (χ0) is 7.23. The number of hydrogen-bond acceptors (Lipinski definition) is 2. The van der Waals surface area contributed by atoms with Crippen LogP contribution in [0.5, 0.6) is 0 Å². The zero-order valence-electron chi connectivity index (χ0n) is 6.04. The average Bonchev–Trinajstić information content (AvgIpc) is 2.41. The molecule has 0 fully saturated rings. The summed E-state index contributed by atoms with van der Waals surface area (Å²) in [6.07, 6.45) is 6.67. The summed E-state index contributed by atoms with van der Waals surface area (Å²) in [5.74, 6) is 3.39. The van der Waals surface area contributed by atoms with Gasteiger partial charge in [0.05, 0.1) is 19.4 Å². The van der Waals surface area contributed by atoms with Gasteiger partial charge in [0.15, 0.2) is 0 Å². The molecule has 1 aromatic rings. The van der Waals surface area contributed by atoms with Crippen molar-refractivity contribution in [3.05, 3.63) is 24.2 Å². The van der Waals surface area contributed by atoms with Crippen LogP contribution in [0.4, 0.5) is 0 Å². The van der Waals surface area contributed by atoms with E-state index in [4.69, 9.17) is 10.8 Å². The second kappa shape index (κ2) is 6.02. The van der Waals surface area contributed by atoms with Crippen molar-refractivity contribution in [3.63, 3.8) is 0 Å². The maximum absolute atomic E-state index is 5.05. The highest BCUT2D eigenvalue weighted by Crippen LogP contribution is 1.97. The molecule has 0 aliphatic carbocycles. The van der Waals surface area contributed by atoms with Gasteiger partial charge in [-0.15, -0.1) is 23.4 Å². The molecule has 2 nitrogen and oxygen atoms in total. The van der Waals surface area contributed by atoms with E-state index in [1.165, 1.54) is 0 Å². The summed E-state index contributed by atoms with van der Waals surface area (Å²) in [5, 5.41) is 3.01. The molecule has 0 saturated carbocycles. The molecule has 0 unspecified atom stereocenters. The molecule has 11 heavy (non-hydrogen) atoms. The van der Waals surface area contributed by atoms with Gasteiger partial charge in [-0.2, -0.15) is 0 Å². The normalized spacial score (nSPS) is 8.27. The maximum atomic E-state index is 5.05. The molecule has 0 amide bonds. The Kier molecular flexibility index (Phi) is 5.63. The predicted octanol–water partition coefficient (Wildman–Crippen LogP) is 1.58. The standard InChI is InChI=1S/C8H9NO.BrH/c1-2-5-9-7-8-4-3-6-10-8;/h1,3-4,6,9H,5,7H2;1H. The highest BCUT2D eigenvalue weighted by atomic mass is 79.9. The summed E-state index contributed by atoms with van der Waals surface area (Å²) in [6.45, 7) is 1.29. The van der Waals surface area contributed by atoms with Crippen molar-refractivity contribution in [2.45, 2.75) is 6.54 Å². The first kappa shape index (κ1) is 10.3. The fraction of sp³-hybridized carbons (Fsp3) is 0.250. The third-order valence-electron chi connectivity index (χ3n) is 1.11. The molecule has 0 atom stereocenters. The lowest BCUT2D eigenvalue weighted by Crippen LogP contribution is -2.12. The van der Waals surface area contributed by atoms with E-state index in [-0.39, 0.29) is 17.0 Å². The summed E-state index contributed by atoms with van der Waals surface area (Å²) < 4.78 is 5.05. The molecule has 0 radical (unpaired) electrons. The van der Waals surface area contributed by atoms with Crippen molar-refractivity contribution >= 4 is 17.0 Å². The Morgan fingerprint density at radius 1 is 1.64 bits per heavy atom. The van der Waals surface area contributed by atoms with Crippen LogP contribution in [0.25, 0.3) is 0 Å². The molecule has 0 saturated heterocycles. The van der Waals surface area contributed by atoms with E-state index in [9.17, 15) is 0 Å². The number of terminal acetylenes is 1. The quantitative estimate of drug-likeness (QED) is 0.613. The van der Waals surface area contributed by atoms with Gasteiger partial charge in [-0.1, -0.05) is 5.92 Å². The molecule has 3 heteroatoms. The molecule has 1 aromatic heterocycles. The molecule has 0 aliphatic rings. The lowest BCUT2D eigenvalue weighted by Gasteiger charge is -1.94. The van der Waals surface area contributed by atoms with Gasteiger partial charge in [0.1, 0.15) is 5.76 Å². The van der Waals surface area contributed by atoms with Crippen LogP contribution < -0.4 is 5.32 Å². The number of furan rings is 1. The van der Waals surface area contributed by atoms with Gasteiger partial charge in [-0.3, -0.25) is 5.32 Å². The molecule has 0 bridgehead atoms. The smallest absolute Gasteiger partial charge is 0.117 e. The van der Waals surface area contributed by atoms with Crippen LogP contribution in [0.15, 0.2) is 22.8 Å². The van der Waals surface area contributed by atoms with Crippen molar-refractivity contribution in [2.75, 3.05) is 6.54 Å². The largest absolute Gasteiger partial charge is 0.468 e. The minimum absolute atomic E-state index is 0. The Labute approximate surface area is 76.7 Å². The van der Waals surface area contributed by atoms with E-state index in [0.29, 0.717) is 13.1 Å². The Balaban J connectivity index is 0.000001000. The molecule has 1 rings (SSSR count). The fourth-order valence-electron chi connectivity index (χ4n) is 0.671. The first-order valence-electron chi connectivity index (χ1n) is 3.10.